The van der Waals surface area contributed by atoms with E-state index in [1.54, 1.807) is 0 Å². The van der Waals surface area contributed by atoms with Gasteiger partial charge in [-0.25, -0.2) is 0 Å². The molecule has 0 aliphatic heterocycles. The van der Waals surface area contributed by atoms with Crippen molar-refractivity contribution >= 4 is 44.2 Å². The Hall–Kier alpha value is -0.550. The Morgan fingerprint density at radius 1 is 1.15 bits per heavy atom. The van der Waals surface area contributed by atoms with Crippen LogP contribution in [-0.2, 0) is 0 Å². The molecule has 2 aromatic carbocycles. The first kappa shape index (κ1) is 14.4. The second-order valence-electron chi connectivity index (χ2n) is 5.49. The summed E-state index contributed by atoms with van der Waals surface area (Å²) >= 11 is 6.02. The van der Waals surface area contributed by atoms with Crippen molar-refractivity contribution < 1.29 is 0 Å². The first-order valence-corrected chi connectivity index (χ1v) is 8.78. The third kappa shape index (κ3) is 3.03. The number of hydrogen-bond acceptors (Lipinski definition) is 1. The van der Waals surface area contributed by atoms with Gasteiger partial charge in [0.2, 0.25) is 0 Å². The molecule has 0 amide bonds. The maximum Gasteiger partial charge on any atom is 0.0372 e. The Kier molecular flexibility index (Phi) is 4.36. The molecule has 0 radical (unpaired) electrons. The van der Waals surface area contributed by atoms with E-state index in [2.05, 4.69) is 93.2 Å². The number of benzene rings is 2. The Morgan fingerprint density at radius 2 is 1.90 bits per heavy atom. The largest absolute Gasteiger partial charge is 0.382 e. The molecule has 0 spiro atoms. The van der Waals surface area contributed by atoms with Crippen LogP contribution in [0, 0.1) is 10.5 Å². The summed E-state index contributed by atoms with van der Waals surface area (Å²) in [7, 11) is 0. The van der Waals surface area contributed by atoms with Crippen molar-refractivity contribution in [3.8, 4) is 0 Å². The third-order valence-electron chi connectivity index (χ3n) is 4.03. The van der Waals surface area contributed by atoms with Crippen molar-refractivity contribution in [2.45, 2.75) is 31.7 Å². The molecule has 1 saturated carbocycles. The molecule has 0 unspecified atom stereocenters. The molecule has 0 saturated heterocycles. The van der Waals surface area contributed by atoms with Crippen molar-refractivity contribution in [1.29, 1.82) is 0 Å². The average molecular weight is 442 g/mol. The van der Waals surface area contributed by atoms with Crippen LogP contribution in [0.25, 0.3) is 0 Å². The van der Waals surface area contributed by atoms with Gasteiger partial charge in [-0.1, -0.05) is 34.1 Å². The molecule has 2 aromatic rings. The second kappa shape index (κ2) is 6.06. The fourth-order valence-corrected chi connectivity index (χ4v) is 4.06. The van der Waals surface area contributed by atoms with E-state index in [4.69, 9.17) is 0 Å². The molecule has 0 heterocycles. The Morgan fingerprint density at radius 3 is 2.60 bits per heavy atom. The van der Waals surface area contributed by atoms with Crippen molar-refractivity contribution in [2.75, 3.05) is 5.32 Å². The van der Waals surface area contributed by atoms with Crippen LogP contribution in [0.2, 0.25) is 0 Å². The molecule has 0 aromatic heterocycles. The van der Waals surface area contributed by atoms with Gasteiger partial charge in [-0.3, -0.25) is 0 Å². The number of hydrogen-bond donors (Lipinski definition) is 1. The maximum absolute atomic E-state index is 3.67. The monoisotopic (exact) mass is 441 g/mol. The van der Waals surface area contributed by atoms with Crippen molar-refractivity contribution in [3.63, 3.8) is 0 Å². The molecule has 0 atom stereocenters. The van der Waals surface area contributed by atoms with Gasteiger partial charge < -0.3 is 5.32 Å². The quantitative estimate of drug-likeness (QED) is 0.600. The van der Waals surface area contributed by atoms with Gasteiger partial charge in [0, 0.05) is 19.8 Å². The zero-order chi connectivity index (χ0) is 14.1. The number of anilines is 1. The summed E-state index contributed by atoms with van der Waals surface area (Å²) in [5, 5.41) is 3.67. The minimum Gasteiger partial charge on any atom is -0.382 e. The summed E-state index contributed by atoms with van der Waals surface area (Å²) in [4.78, 5) is 0. The Labute approximate surface area is 142 Å². The molecule has 1 nitrogen and oxygen atoms in total. The van der Waals surface area contributed by atoms with Gasteiger partial charge in [0.25, 0.3) is 0 Å². The van der Waals surface area contributed by atoms with Crippen LogP contribution in [0.5, 0.6) is 0 Å². The van der Waals surface area contributed by atoms with E-state index >= 15 is 0 Å². The van der Waals surface area contributed by atoms with E-state index in [0.717, 1.165) is 0 Å². The highest BCUT2D eigenvalue weighted by atomic mass is 127. The van der Waals surface area contributed by atoms with Crippen LogP contribution < -0.4 is 5.32 Å². The smallest absolute Gasteiger partial charge is 0.0372 e. The maximum atomic E-state index is 3.67. The van der Waals surface area contributed by atoms with Crippen LogP contribution in [-0.4, -0.2) is 6.04 Å². The highest BCUT2D eigenvalue weighted by molar-refractivity contribution is 14.1. The molecule has 3 heteroatoms. The average Bonchev–Trinajstić information content (AvgIpc) is 2.37. The van der Waals surface area contributed by atoms with Gasteiger partial charge in [0.05, 0.1) is 0 Å². The Balaban J connectivity index is 1.62. The van der Waals surface area contributed by atoms with Gasteiger partial charge >= 0.3 is 0 Å². The fourth-order valence-electron chi connectivity index (χ4n) is 2.80. The lowest BCUT2D eigenvalue weighted by Gasteiger charge is -2.37. The number of rotatable bonds is 3. The Bertz CT molecular complexity index is 620. The molecule has 1 N–H and O–H groups in total. The van der Waals surface area contributed by atoms with Gasteiger partial charge in [0.15, 0.2) is 0 Å². The summed E-state index contributed by atoms with van der Waals surface area (Å²) < 4.78 is 2.54. The normalized spacial score (nSPS) is 21.4. The molecule has 3 rings (SSSR count). The molecule has 20 heavy (non-hydrogen) atoms. The molecule has 1 aliphatic carbocycles. The van der Waals surface area contributed by atoms with Crippen LogP contribution in [0.15, 0.2) is 46.9 Å². The summed E-state index contributed by atoms with van der Waals surface area (Å²) in [6.07, 6.45) is 2.43. The van der Waals surface area contributed by atoms with Crippen molar-refractivity contribution in [3.05, 3.63) is 61.6 Å². The lowest BCUT2D eigenvalue weighted by atomic mass is 9.76. The van der Waals surface area contributed by atoms with E-state index in [-0.39, 0.29) is 0 Å². The highest BCUT2D eigenvalue weighted by Gasteiger charge is 2.31. The van der Waals surface area contributed by atoms with Crippen LogP contribution in [0.1, 0.15) is 29.9 Å². The minimum atomic E-state index is 0.603. The molecule has 1 fully saturated rings. The molecule has 1 aliphatic rings. The zero-order valence-corrected chi connectivity index (χ0v) is 15.1. The van der Waals surface area contributed by atoms with E-state index < -0.39 is 0 Å². The van der Waals surface area contributed by atoms with Gasteiger partial charge in [-0.2, -0.15) is 0 Å². The van der Waals surface area contributed by atoms with Crippen LogP contribution in [0.3, 0.4) is 0 Å². The lowest BCUT2D eigenvalue weighted by Crippen LogP contribution is -2.34. The molecule has 104 valence electrons. The fraction of sp³-hybridized carbons (Fsp3) is 0.294. The second-order valence-corrected chi connectivity index (χ2v) is 7.59. The van der Waals surface area contributed by atoms with E-state index in [1.807, 2.05) is 0 Å². The number of halogens is 2. The predicted octanol–water partition coefficient (Wildman–Crippen LogP) is 5.72. The van der Waals surface area contributed by atoms with E-state index in [0.29, 0.717) is 12.0 Å². The van der Waals surface area contributed by atoms with E-state index in [1.165, 1.54) is 37.7 Å². The summed E-state index contributed by atoms with van der Waals surface area (Å²) in [6, 6.07) is 15.8. The van der Waals surface area contributed by atoms with Crippen LogP contribution in [0.4, 0.5) is 5.69 Å². The minimum absolute atomic E-state index is 0.603. The molecular weight excluding hydrogens is 425 g/mol. The third-order valence-corrected chi connectivity index (χ3v) is 5.42. The van der Waals surface area contributed by atoms with Gasteiger partial charge in [-0.05, 0) is 83.7 Å². The number of aryl methyl sites for hydroxylation is 1. The van der Waals surface area contributed by atoms with Crippen LogP contribution >= 0.6 is 38.5 Å². The molecule has 0 bridgehead atoms. The topological polar surface area (TPSA) is 12.0 Å². The summed E-state index contributed by atoms with van der Waals surface area (Å²) in [5.41, 5.74) is 4.06. The number of nitrogens with one attached hydrogen (secondary N) is 1. The predicted molar refractivity (Wildman–Crippen MR) is 97.4 cm³/mol. The van der Waals surface area contributed by atoms with Gasteiger partial charge in [0.1, 0.15) is 0 Å². The summed E-state index contributed by atoms with van der Waals surface area (Å²) in [6.45, 7) is 2.18. The molecular formula is C17H17BrIN. The lowest BCUT2D eigenvalue weighted by molar-refractivity contribution is 0.373. The van der Waals surface area contributed by atoms with E-state index in [9.17, 15) is 0 Å². The first-order chi connectivity index (χ1) is 9.63. The standard InChI is InChI=1S/C17H17BrIN/c1-11-8-13(19)6-7-17(11)20-14-9-12(10-14)15-4-2-3-5-16(15)18/h2-8,12,14,20H,9-10H2,1H3. The summed E-state index contributed by atoms with van der Waals surface area (Å²) in [5.74, 6) is 0.687. The van der Waals surface area contributed by atoms with Gasteiger partial charge in [-0.15, -0.1) is 0 Å². The van der Waals surface area contributed by atoms with Crippen molar-refractivity contribution in [1.82, 2.24) is 0 Å². The zero-order valence-electron chi connectivity index (χ0n) is 11.4. The first-order valence-electron chi connectivity index (χ1n) is 6.90. The SMILES string of the molecule is Cc1cc(I)ccc1NC1CC(c2ccccc2Br)C1. The highest BCUT2D eigenvalue weighted by Crippen LogP contribution is 2.41. The van der Waals surface area contributed by atoms with Crippen molar-refractivity contribution in [2.24, 2.45) is 0 Å².